The summed E-state index contributed by atoms with van der Waals surface area (Å²) in [7, 11) is 3.83. The number of hydrogen-bond donors (Lipinski definition) is 1. The minimum absolute atomic E-state index is 0.152. The van der Waals surface area contributed by atoms with E-state index in [9.17, 15) is 4.79 Å². The molecule has 6 rings (SSSR count). The highest BCUT2D eigenvalue weighted by atomic mass is 79.9. The van der Waals surface area contributed by atoms with Gasteiger partial charge in [0.1, 0.15) is 5.82 Å². The van der Waals surface area contributed by atoms with Crippen molar-refractivity contribution in [1.29, 1.82) is 0 Å². The fourth-order valence-corrected chi connectivity index (χ4v) is 5.19. The molecule has 2 amide bonds. The van der Waals surface area contributed by atoms with Gasteiger partial charge in [0.2, 0.25) is 5.95 Å². The van der Waals surface area contributed by atoms with E-state index >= 15 is 0 Å². The lowest BCUT2D eigenvalue weighted by molar-refractivity contribution is -0.115. The van der Waals surface area contributed by atoms with E-state index in [0.29, 0.717) is 24.1 Å². The highest BCUT2D eigenvalue weighted by molar-refractivity contribution is 9.10. The Kier molecular flexibility index (Phi) is 5.30. The summed E-state index contributed by atoms with van der Waals surface area (Å²) in [6.07, 6.45) is 3.41. The van der Waals surface area contributed by atoms with E-state index in [1.165, 1.54) is 0 Å². The van der Waals surface area contributed by atoms with Crippen LogP contribution in [0.5, 0.6) is 11.5 Å². The van der Waals surface area contributed by atoms with Gasteiger partial charge in [-0.05, 0) is 47.2 Å². The molecule has 1 saturated heterocycles. The molecule has 0 aliphatic carbocycles. The highest BCUT2D eigenvalue weighted by Crippen LogP contribution is 2.45. The Morgan fingerprint density at radius 3 is 2.63 bits per heavy atom. The molecule has 0 atom stereocenters. The number of urea groups is 1. The molecular formula is C25H25BrN6O3. The van der Waals surface area contributed by atoms with Crippen LogP contribution in [0.15, 0.2) is 53.1 Å². The number of carbonyl (C=O) groups excluding carboxylic acids is 1. The Hall–Kier alpha value is -3.37. The van der Waals surface area contributed by atoms with Crippen LogP contribution in [0.2, 0.25) is 0 Å². The molecule has 180 valence electrons. The molecule has 3 aromatic rings. The summed E-state index contributed by atoms with van der Waals surface area (Å²) < 4.78 is 13.3. The number of likely N-dealkylation sites (tertiary alicyclic amines) is 1. The van der Waals surface area contributed by atoms with Crippen LogP contribution in [-0.4, -0.2) is 53.9 Å². The Morgan fingerprint density at radius 1 is 1.06 bits per heavy atom. The van der Waals surface area contributed by atoms with Gasteiger partial charge in [-0.3, -0.25) is 9.80 Å². The molecule has 0 bridgehead atoms. The number of carbonyl (C=O) groups is 1. The number of amides is 2. The number of nitrogens with one attached hydrogen (secondary N) is 1. The van der Waals surface area contributed by atoms with Gasteiger partial charge in [0.15, 0.2) is 11.5 Å². The van der Waals surface area contributed by atoms with Gasteiger partial charge in [-0.25, -0.2) is 9.78 Å². The first-order chi connectivity index (χ1) is 16.9. The maximum atomic E-state index is 13.1. The van der Waals surface area contributed by atoms with Gasteiger partial charge in [0.25, 0.3) is 5.79 Å². The summed E-state index contributed by atoms with van der Waals surface area (Å²) in [5, 5.41) is 3.24. The molecule has 3 aliphatic heterocycles. The van der Waals surface area contributed by atoms with Crippen LogP contribution in [0.25, 0.3) is 0 Å². The Labute approximate surface area is 211 Å². The first-order valence-electron chi connectivity index (χ1n) is 11.5. The van der Waals surface area contributed by atoms with E-state index in [1.807, 2.05) is 42.5 Å². The molecule has 3 aliphatic rings. The van der Waals surface area contributed by atoms with Crippen molar-refractivity contribution < 1.29 is 14.3 Å². The molecule has 0 radical (unpaired) electrons. The number of ether oxygens (including phenoxy) is 2. The lowest BCUT2D eigenvalue weighted by Gasteiger charge is -2.35. The second kappa shape index (κ2) is 8.39. The smallest absolute Gasteiger partial charge is 0.330 e. The van der Waals surface area contributed by atoms with E-state index in [0.717, 1.165) is 53.1 Å². The van der Waals surface area contributed by atoms with Gasteiger partial charge in [-0.1, -0.05) is 12.1 Å². The number of rotatable bonds is 3. The minimum atomic E-state index is -0.571. The number of halogens is 1. The molecule has 2 aromatic carbocycles. The van der Waals surface area contributed by atoms with Gasteiger partial charge < -0.3 is 19.7 Å². The predicted octanol–water partition coefficient (Wildman–Crippen LogP) is 4.75. The van der Waals surface area contributed by atoms with Crippen LogP contribution in [-0.2, 0) is 6.54 Å². The SMILES string of the molecule is CN1CCC2(CC1)Oc1ccc(Nc3ncc4c(n3)N(C)C(=O)N(c3ccccc3Br)C4)cc1O2. The number of anilines is 4. The molecule has 1 fully saturated rings. The summed E-state index contributed by atoms with van der Waals surface area (Å²) in [5.41, 5.74) is 2.46. The third kappa shape index (κ3) is 3.96. The fraction of sp³-hybridized carbons (Fsp3) is 0.320. The zero-order valence-electron chi connectivity index (χ0n) is 19.5. The molecule has 1 aromatic heterocycles. The number of benzene rings is 2. The zero-order valence-corrected chi connectivity index (χ0v) is 21.1. The second-order valence-corrected chi connectivity index (χ2v) is 9.98. The van der Waals surface area contributed by atoms with E-state index in [2.05, 4.69) is 43.2 Å². The Bertz CT molecular complexity index is 1310. The van der Waals surface area contributed by atoms with Crippen molar-refractivity contribution in [2.75, 3.05) is 42.3 Å². The second-order valence-electron chi connectivity index (χ2n) is 9.13. The number of piperidine rings is 1. The van der Waals surface area contributed by atoms with Gasteiger partial charge in [0.05, 0.1) is 12.2 Å². The standard InChI is InChI=1S/C25H25BrN6O3/c1-30-11-9-25(10-12-30)34-20-8-7-17(13-21(20)35-25)28-23-27-14-16-15-32(19-6-4-3-5-18(19)26)24(33)31(2)22(16)29-23/h3-8,13-14H,9-12,15H2,1-2H3,(H,27,28,29). The summed E-state index contributed by atoms with van der Waals surface area (Å²) in [6, 6.07) is 13.2. The van der Waals surface area contributed by atoms with E-state index in [4.69, 9.17) is 9.47 Å². The number of fused-ring (bicyclic) bond motifs is 2. The van der Waals surface area contributed by atoms with E-state index < -0.39 is 5.79 Å². The van der Waals surface area contributed by atoms with Crippen molar-refractivity contribution in [2.45, 2.75) is 25.2 Å². The van der Waals surface area contributed by atoms with Crippen molar-refractivity contribution in [2.24, 2.45) is 0 Å². The van der Waals surface area contributed by atoms with Crippen molar-refractivity contribution in [3.8, 4) is 11.5 Å². The van der Waals surface area contributed by atoms with Crippen molar-refractivity contribution in [3.05, 3.63) is 58.7 Å². The summed E-state index contributed by atoms with van der Waals surface area (Å²) >= 11 is 3.54. The van der Waals surface area contributed by atoms with Crippen LogP contribution in [0.3, 0.4) is 0 Å². The maximum absolute atomic E-state index is 13.1. The fourth-order valence-electron chi connectivity index (χ4n) is 4.69. The molecule has 1 spiro atoms. The number of hydrogen-bond acceptors (Lipinski definition) is 7. The molecule has 0 unspecified atom stereocenters. The third-order valence-electron chi connectivity index (χ3n) is 6.69. The van der Waals surface area contributed by atoms with Crippen molar-refractivity contribution in [3.63, 3.8) is 0 Å². The topological polar surface area (TPSA) is 83.1 Å². The average molecular weight is 537 g/mol. The predicted molar refractivity (Wildman–Crippen MR) is 137 cm³/mol. The largest absolute Gasteiger partial charge is 0.448 e. The molecule has 35 heavy (non-hydrogen) atoms. The van der Waals surface area contributed by atoms with Crippen LogP contribution in [0.4, 0.5) is 27.9 Å². The van der Waals surface area contributed by atoms with Gasteiger partial charge in [-0.15, -0.1) is 0 Å². The number of aromatic nitrogens is 2. The van der Waals surface area contributed by atoms with E-state index in [-0.39, 0.29) is 6.03 Å². The lowest BCUT2D eigenvalue weighted by Crippen LogP contribution is -2.48. The molecule has 4 heterocycles. The van der Waals surface area contributed by atoms with Gasteiger partial charge >= 0.3 is 6.03 Å². The quantitative estimate of drug-likeness (QED) is 0.516. The monoisotopic (exact) mass is 536 g/mol. The number of nitrogens with zero attached hydrogens (tertiary/aromatic N) is 5. The minimum Gasteiger partial charge on any atom is -0.448 e. The summed E-state index contributed by atoms with van der Waals surface area (Å²) in [4.78, 5) is 27.8. The average Bonchev–Trinajstić information content (AvgIpc) is 3.21. The summed E-state index contributed by atoms with van der Waals surface area (Å²) in [6.45, 7) is 2.27. The van der Waals surface area contributed by atoms with Crippen LogP contribution < -0.4 is 24.6 Å². The first-order valence-corrected chi connectivity index (χ1v) is 12.3. The van der Waals surface area contributed by atoms with Crippen molar-refractivity contribution in [1.82, 2.24) is 14.9 Å². The first kappa shape index (κ1) is 22.1. The number of para-hydroxylation sites is 1. The maximum Gasteiger partial charge on any atom is 0.330 e. The third-order valence-corrected chi connectivity index (χ3v) is 7.36. The van der Waals surface area contributed by atoms with Crippen LogP contribution in [0, 0.1) is 0 Å². The van der Waals surface area contributed by atoms with Gasteiger partial charge in [0, 0.05) is 61.0 Å². The zero-order chi connectivity index (χ0) is 24.2. The molecule has 1 N–H and O–H groups in total. The Balaban J connectivity index is 1.21. The van der Waals surface area contributed by atoms with Gasteiger partial charge in [-0.2, -0.15) is 4.98 Å². The lowest BCUT2D eigenvalue weighted by atomic mass is 10.0. The van der Waals surface area contributed by atoms with Crippen LogP contribution >= 0.6 is 15.9 Å². The van der Waals surface area contributed by atoms with Crippen LogP contribution in [0.1, 0.15) is 18.4 Å². The van der Waals surface area contributed by atoms with E-state index in [1.54, 1.807) is 23.0 Å². The molecule has 10 heteroatoms. The normalized spacial score (nSPS) is 18.7. The summed E-state index contributed by atoms with van der Waals surface area (Å²) in [5.74, 6) is 1.89. The highest BCUT2D eigenvalue weighted by Gasteiger charge is 2.43. The molecule has 0 saturated carbocycles. The molecular weight excluding hydrogens is 512 g/mol. The van der Waals surface area contributed by atoms with Crippen molar-refractivity contribution >= 4 is 45.1 Å². The Morgan fingerprint density at radius 2 is 1.83 bits per heavy atom. The molecule has 9 nitrogen and oxygen atoms in total.